The highest BCUT2D eigenvalue weighted by Gasteiger charge is 2.27. The molecule has 0 fully saturated rings. The molecule has 0 saturated carbocycles. The number of nitrogens with one attached hydrogen (secondary N) is 1. The van der Waals surface area contributed by atoms with E-state index in [9.17, 15) is 14.4 Å². The summed E-state index contributed by atoms with van der Waals surface area (Å²) in [4.78, 5) is 38.6. The number of benzene rings is 2. The smallest absolute Gasteiger partial charge is 0.272 e. The summed E-state index contributed by atoms with van der Waals surface area (Å²) in [5.41, 5.74) is 13.3. The number of carbonyl (C=O) groups excluding carboxylic acids is 3. The van der Waals surface area contributed by atoms with E-state index in [1.165, 1.54) is 4.90 Å². The van der Waals surface area contributed by atoms with Gasteiger partial charge >= 0.3 is 0 Å². The zero-order valence-electron chi connectivity index (χ0n) is 16.3. The Morgan fingerprint density at radius 1 is 1.10 bits per heavy atom. The summed E-state index contributed by atoms with van der Waals surface area (Å²) in [7, 11) is 0. The zero-order chi connectivity index (χ0) is 21.7. The second-order valence-electron chi connectivity index (χ2n) is 6.63. The van der Waals surface area contributed by atoms with Crippen LogP contribution in [0.4, 0.5) is 11.4 Å². The van der Waals surface area contributed by atoms with Crippen LogP contribution in [0.25, 0.3) is 0 Å². The van der Waals surface area contributed by atoms with Crippen LogP contribution in [0.1, 0.15) is 31.3 Å². The number of carbonyl (C=O) groups is 3. The molecule has 154 valence electrons. The van der Waals surface area contributed by atoms with Gasteiger partial charge in [-0.2, -0.15) is 4.37 Å². The Kier molecular flexibility index (Phi) is 6.43. The van der Waals surface area contributed by atoms with E-state index in [0.717, 1.165) is 22.7 Å². The van der Waals surface area contributed by atoms with Crippen molar-refractivity contribution in [2.45, 2.75) is 13.5 Å². The monoisotopic (exact) mass is 423 g/mol. The lowest BCUT2D eigenvalue weighted by Crippen LogP contribution is -2.40. The summed E-state index contributed by atoms with van der Waals surface area (Å²) in [5.74, 6) is -1.68. The van der Waals surface area contributed by atoms with Crippen molar-refractivity contribution in [3.05, 3.63) is 76.3 Å². The molecule has 0 aliphatic rings. The normalized spacial score (nSPS) is 10.4. The van der Waals surface area contributed by atoms with E-state index in [1.54, 1.807) is 18.2 Å². The van der Waals surface area contributed by atoms with Crippen LogP contribution in [-0.4, -0.2) is 28.6 Å². The zero-order valence-corrected chi connectivity index (χ0v) is 17.1. The maximum Gasteiger partial charge on any atom is 0.272 e. The Morgan fingerprint density at radius 2 is 1.83 bits per heavy atom. The molecule has 1 heterocycles. The summed E-state index contributed by atoms with van der Waals surface area (Å²) < 4.78 is 3.88. The summed E-state index contributed by atoms with van der Waals surface area (Å²) >= 11 is 0.778. The SMILES string of the molecule is Cc1cccc(N(CC(=O)NCc2ccccc2)C(=O)c2snc(C(N)=O)c2N)c1. The fraction of sp³-hybridized carbons (Fsp3) is 0.143. The van der Waals surface area contributed by atoms with Gasteiger partial charge < -0.3 is 16.8 Å². The van der Waals surface area contributed by atoms with E-state index in [-0.39, 0.29) is 28.7 Å². The fourth-order valence-electron chi connectivity index (χ4n) is 2.82. The third-order valence-corrected chi connectivity index (χ3v) is 5.20. The average Bonchev–Trinajstić information content (AvgIpc) is 3.12. The van der Waals surface area contributed by atoms with Crippen molar-refractivity contribution >= 4 is 40.6 Å². The Labute approximate surface area is 177 Å². The number of nitrogens with two attached hydrogens (primary N) is 2. The van der Waals surface area contributed by atoms with Gasteiger partial charge in [-0.25, -0.2) is 0 Å². The predicted molar refractivity (Wildman–Crippen MR) is 116 cm³/mol. The molecule has 0 radical (unpaired) electrons. The number of rotatable bonds is 7. The lowest BCUT2D eigenvalue weighted by atomic mass is 10.2. The third kappa shape index (κ3) is 4.81. The first-order valence-corrected chi connectivity index (χ1v) is 9.88. The highest BCUT2D eigenvalue weighted by molar-refractivity contribution is 7.09. The lowest BCUT2D eigenvalue weighted by molar-refractivity contribution is -0.119. The molecule has 3 rings (SSSR count). The average molecular weight is 423 g/mol. The first-order valence-electron chi connectivity index (χ1n) is 9.11. The molecule has 9 heteroatoms. The standard InChI is InChI=1S/C21H21N5O3S/c1-13-6-5-9-15(10-13)26(12-16(27)24-11-14-7-3-2-4-8-14)21(29)19-17(22)18(20(23)28)25-30-19/h2-10H,11-12,22H2,1H3,(H2,23,28)(H,24,27). The van der Waals surface area contributed by atoms with Crippen LogP contribution < -0.4 is 21.7 Å². The molecular formula is C21H21N5O3S. The van der Waals surface area contributed by atoms with Gasteiger partial charge in [0, 0.05) is 12.2 Å². The molecule has 0 aliphatic carbocycles. The Hall–Kier alpha value is -3.72. The van der Waals surface area contributed by atoms with Gasteiger partial charge in [-0.15, -0.1) is 0 Å². The largest absolute Gasteiger partial charge is 0.395 e. The molecule has 1 aromatic heterocycles. The molecule has 0 saturated heterocycles. The number of nitrogen functional groups attached to an aromatic ring is 1. The van der Waals surface area contributed by atoms with E-state index < -0.39 is 11.8 Å². The van der Waals surface area contributed by atoms with Crippen LogP contribution in [0.3, 0.4) is 0 Å². The molecule has 0 unspecified atom stereocenters. The van der Waals surface area contributed by atoms with Crippen molar-refractivity contribution in [2.75, 3.05) is 17.2 Å². The second kappa shape index (κ2) is 9.19. The van der Waals surface area contributed by atoms with E-state index in [4.69, 9.17) is 11.5 Å². The fourth-order valence-corrected chi connectivity index (χ4v) is 3.58. The number of amides is 3. The van der Waals surface area contributed by atoms with Crippen molar-refractivity contribution in [2.24, 2.45) is 5.73 Å². The maximum absolute atomic E-state index is 13.2. The first-order chi connectivity index (χ1) is 14.4. The minimum absolute atomic E-state index is 0.0566. The predicted octanol–water partition coefficient (Wildman–Crippen LogP) is 2.10. The van der Waals surface area contributed by atoms with Crippen molar-refractivity contribution in [3.63, 3.8) is 0 Å². The molecule has 5 N–H and O–H groups in total. The minimum atomic E-state index is -0.814. The van der Waals surface area contributed by atoms with Gasteiger partial charge in [0.2, 0.25) is 5.91 Å². The van der Waals surface area contributed by atoms with Crippen LogP contribution in [-0.2, 0) is 11.3 Å². The second-order valence-corrected chi connectivity index (χ2v) is 7.40. The van der Waals surface area contributed by atoms with Gasteiger partial charge in [-0.3, -0.25) is 19.3 Å². The third-order valence-electron chi connectivity index (χ3n) is 4.35. The summed E-state index contributed by atoms with van der Waals surface area (Å²) in [5, 5.41) is 2.81. The quantitative estimate of drug-likeness (QED) is 0.535. The molecule has 0 spiro atoms. The van der Waals surface area contributed by atoms with Gasteiger partial charge in [0.1, 0.15) is 11.4 Å². The first kappa shape index (κ1) is 21.0. The molecule has 0 bridgehead atoms. The van der Waals surface area contributed by atoms with Crippen LogP contribution in [0.2, 0.25) is 0 Å². The van der Waals surface area contributed by atoms with Crippen molar-refractivity contribution in [1.29, 1.82) is 0 Å². The Morgan fingerprint density at radius 3 is 2.47 bits per heavy atom. The van der Waals surface area contributed by atoms with Crippen LogP contribution >= 0.6 is 11.5 Å². The molecule has 0 aliphatic heterocycles. The number of aromatic nitrogens is 1. The minimum Gasteiger partial charge on any atom is -0.395 e. The molecule has 8 nitrogen and oxygen atoms in total. The lowest BCUT2D eigenvalue weighted by Gasteiger charge is -2.22. The van der Waals surface area contributed by atoms with Gasteiger partial charge in [-0.1, -0.05) is 42.5 Å². The van der Waals surface area contributed by atoms with E-state index >= 15 is 0 Å². The number of hydrogen-bond acceptors (Lipinski definition) is 6. The topological polar surface area (TPSA) is 131 Å². The van der Waals surface area contributed by atoms with E-state index in [0.29, 0.717) is 12.2 Å². The summed E-state index contributed by atoms with van der Waals surface area (Å²) in [6.07, 6.45) is 0. The van der Waals surface area contributed by atoms with E-state index in [2.05, 4.69) is 9.69 Å². The Bertz CT molecular complexity index is 1080. The number of primary amides is 1. The Balaban J connectivity index is 1.84. The maximum atomic E-state index is 13.2. The highest BCUT2D eigenvalue weighted by Crippen LogP contribution is 2.26. The summed E-state index contributed by atoms with van der Waals surface area (Å²) in [6.45, 7) is 2.00. The molecule has 3 amide bonds. The van der Waals surface area contributed by atoms with Gasteiger partial charge in [0.05, 0.1) is 5.69 Å². The van der Waals surface area contributed by atoms with Crippen LogP contribution in [0.15, 0.2) is 54.6 Å². The number of hydrogen-bond donors (Lipinski definition) is 3. The van der Waals surface area contributed by atoms with Crippen LogP contribution in [0.5, 0.6) is 0 Å². The molecule has 0 atom stereocenters. The molecule has 3 aromatic rings. The molecule has 2 aromatic carbocycles. The number of anilines is 2. The highest BCUT2D eigenvalue weighted by atomic mass is 32.1. The summed E-state index contributed by atoms with van der Waals surface area (Å²) in [6, 6.07) is 16.6. The van der Waals surface area contributed by atoms with Crippen LogP contribution in [0, 0.1) is 6.92 Å². The van der Waals surface area contributed by atoms with Crippen molar-refractivity contribution < 1.29 is 14.4 Å². The van der Waals surface area contributed by atoms with Crippen molar-refractivity contribution in [1.82, 2.24) is 9.69 Å². The molecular weight excluding hydrogens is 402 g/mol. The van der Waals surface area contributed by atoms with Gasteiger partial charge in [0.25, 0.3) is 11.8 Å². The van der Waals surface area contributed by atoms with Crippen molar-refractivity contribution in [3.8, 4) is 0 Å². The number of aryl methyl sites for hydroxylation is 1. The van der Waals surface area contributed by atoms with Gasteiger partial charge in [0.15, 0.2) is 5.69 Å². The van der Waals surface area contributed by atoms with E-state index in [1.807, 2.05) is 43.3 Å². The van der Waals surface area contributed by atoms with Gasteiger partial charge in [-0.05, 0) is 41.7 Å². The number of nitrogens with zero attached hydrogens (tertiary/aromatic N) is 2. The molecule has 30 heavy (non-hydrogen) atoms.